The molecule has 1 aliphatic heterocycles. The molecular weight excluding hydrogens is 272 g/mol. The fourth-order valence-corrected chi connectivity index (χ4v) is 2.00. The van der Waals surface area contributed by atoms with E-state index >= 15 is 0 Å². The molecule has 1 fully saturated rings. The van der Waals surface area contributed by atoms with Gasteiger partial charge in [0.15, 0.2) is 5.96 Å². The van der Waals surface area contributed by atoms with Crippen molar-refractivity contribution in [1.29, 1.82) is 0 Å². The van der Waals surface area contributed by atoms with Crippen LogP contribution in [0.4, 0.5) is 0 Å². The molecule has 0 amide bonds. The molecule has 1 aliphatic rings. The minimum atomic E-state index is -0.233. The van der Waals surface area contributed by atoms with Crippen molar-refractivity contribution < 1.29 is 14.3 Å². The van der Waals surface area contributed by atoms with Gasteiger partial charge in [-0.3, -0.25) is 14.7 Å². The van der Waals surface area contributed by atoms with Gasteiger partial charge in [-0.25, -0.2) is 0 Å². The summed E-state index contributed by atoms with van der Waals surface area (Å²) in [6, 6.07) is 0. The van der Waals surface area contributed by atoms with Crippen LogP contribution >= 0.6 is 0 Å². The van der Waals surface area contributed by atoms with Crippen LogP contribution in [0.25, 0.3) is 0 Å². The lowest BCUT2D eigenvalue weighted by atomic mass is 10.2. The van der Waals surface area contributed by atoms with E-state index in [1.54, 1.807) is 0 Å². The summed E-state index contributed by atoms with van der Waals surface area (Å²) in [4.78, 5) is 18.1. The van der Waals surface area contributed by atoms with Gasteiger partial charge in [-0.2, -0.15) is 0 Å². The van der Waals surface area contributed by atoms with Gasteiger partial charge in [0.1, 0.15) is 0 Å². The predicted octanol–water partition coefficient (Wildman–Crippen LogP) is -0.317. The Hall–Kier alpha value is -1.34. The van der Waals surface area contributed by atoms with Gasteiger partial charge < -0.3 is 20.1 Å². The summed E-state index contributed by atoms with van der Waals surface area (Å²) in [5.41, 5.74) is 0. The highest BCUT2D eigenvalue weighted by atomic mass is 16.5. The Kier molecular flexibility index (Phi) is 8.77. The van der Waals surface area contributed by atoms with Gasteiger partial charge in [-0.15, -0.1) is 0 Å². The smallest absolute Gasteiger partial charge is 0.310 e. The number of guanidine groups is 1. The third-order valence-corrected chi connectivity index (χ3v) is 3.30. The van der Waals surface area contributed by atoms with Crippen molar-refractivity contribution in [2.24, 2.45) is 10.9 Å². The molecule has 0 saturated carbocycles. The first kappa shape index (κ1) is 17.7. The second-order valence-corrected chi connectivity index (χ2v) is 5.02. The molecule has 0 aromatic carbocycles. The molecule has 1 atom stereocenters. The average Bonchev–Trinajstić information content (AvgIpc) is 2.52. The molecule has 7 nitrogen and oxygen atoms in total. The third kappa shape index (κ3) is 7.29. The van der Waals surface area contributed by atoms with E-state index in [1.807, 2.05) is 13.8 Å². The highest BCUT2D eigenvalue weighted by molar-refractivity contribution is 5.80. The zero-order valence-electron chi connectivity index (χ0n) is 13.4. The van der Waals surface area contributed by atoms with Crippen molar-refractivity contribution in [3.8, 4) is 0 Å². The quantitative estimate of drug-likeness (QED) is 0.381. The summed E-state index contributed by atoms with van der Waals surface area (Å²) >= 11 is 0. The number of nitrogens with one attached hydrogen (secondary N) is 2. The monoisotopic (exact) mass is 300 g/mol. The molecule has 2 N–H and O–H groups in total. The number of esters is 1. The maximum atomic E-state index is 11.4. The molecule has 1 heterocycles. The van der Waals surface area contributed by atoms with Crippen molar-refractivity contribution in [3.63, 3.8) is 0 Å². The van der Waals surface area contributed by atoms with Gasteiger partial charge in [0.2, 0.25) is 0 Å². The summed E-state index contributed by atoms with van der Waals surface area (Å²) in [7, 11) is 1.40. The van der Waals surface area contributed by atoms with E-state index in [0.29, 0.717) is 6.54 Å². The Balaban J connectivity index is 2.32. The molecule has 21 heavy (non-hydrogen) atoms. The van der Waals surface area contributed by atoms with Crippen LogP contribution in [0, 0.1) is 5.92 Å². The largest absolute Gasteiger partial charge is 0.469 e. The molecule has 7 heteroatoms. The second-order valence-electron chi connectivity index (χ2n) is 5.02. The number of hydrogen-bond acceptors (Lipinski definition) is 5. The van der Waals surface area contributed by atoms with Crippen LogP contribution in [0.1, 0.15) is 13.8 Å². The van der Waals surface area contributed by atoms with E-state index in [2.05, 4.69) is 20.5 Å². The molecule has 0 aromatic rings. The Bertz CT molecular complexity index is 330. The number of carbonyl (C=O) groups excluding carboxylic acids is 1. The molecule has 122 valence electrons. The number of rotatable bonds is 7. The molecule has 0 aliphatic carbocycles. The number of ether oxygens (including phenoxy) is 2. The summed E-state index contributed by atoms with van der Waals surface area (Å²) in [5, 5.41) is 6.46. The Morgan fingerprint density at radius 2 is 2.10 bits per heavy atom. The summed E-state index contributed by atoms with van der Waals surface area (Å²) < 4.78 is 10.0. The van der Waals surface area contributed by atoms with Crippen molar-refractivity contribution in [2.75, 3.05) is 59.6 Å². The minimum absolute atomic E-state index is 0.232. The van der Waals surface area contributed by atoms with Crippen LogP contribution in [-0.2, 0) is 14.3 Å². The highest BCUT2D eigenvalue weighted by Gasteiger charge is 2.13. The minimum Gasteiger partial charge on any atom is -0.469 e. The zero-order valence-corrected chi connectivity index (χ0v) is 13.4. The third-order valence-electron chi connectivity index (χ3n) is 3.30. The number of aliphatic imine (C=N–C) groups is 1. The standard InChI is InChI=1S/C14H28N4O3/c1-4-15-14(17-11-12(2)13(19)20-3)16-5-6-18-7-9-21-10-8-18/h12H,4-11H2,1-3H3,(H2,15,16,17). The normalized spacial score (nSPS) is 18.1. The Morgan fingerprint density at radius 1 is 1.38 bits per heavy atom. The molecule has 1 unspecified atom stereocenters. The zero-order chi connectivity index (χ0) is 15.5. The van der Waals surface area contributed by atoms with Crippen LogP contribution in [0.3, 0.4) is 0 Å². The molecule has 0 radical (unpaired) electrons. The number of hydrogen-bond donors (Lipinski definition) is 2. The van der Waals surface area contributed by atoms with Crippen LogP contribution in [-0.4, -0.2) is 76.4 Å². The van der Waals surface area contributed by atoms with E-state index in [1.165, 1.54) is 7.11 Å². The molecule has 0 spiro atoms. The van der Waals surface area contributed by atoms with Crippen LogP contribution in [0.5, 0.6) is 0 Å². The lowest BCUT2D eigenvalue weighted by Crippen LogP contribution is -2.44. The summed E-state index contributed by atoms with van der Waals surface area (Å²) in [5.74, 6) is 0.272. The van der Waals surface area contributed by atoms with Gasteiger partial charge in [-0.1, -0.05) is 6.92 Å². The fourth-order valence-electron chi connectivity index (χ4n) is 2.00. The highest BCUT2D eigenvalue weighted by Crippen LogP contribution is 1.98. The first-order chi connectivity index (χ1) is 10.2. The van der Waals surface area contributed by atoms with E-state index < -0.39 is 0 Å². The Morgan fingerprint density at radius 3 is 2.71 bits per heavy atom. The maximum absolute atomic E-state index is 11.4. The number of methoxy groups -OCH3 is 1. The van der Waals surface area contributed by atoms with E-state index in [-0.39, 0.29) is 11.9 Å². The van der Waals surface area contributed by atoms with E-state index in [0.717, 1.165) is 51.9 Å². The second kappa shape index (κ2) is 10.4. The first-order valence-electron chi connectivity index (χ1n) is 7.57. The van der Waals surface area contributed by atoms with Crippen molar-refractivity contribution in [2.45, 2.75) is 13.8 Å². The van der Waals surface area contributed by atoms with Crippen molar-refractivity contribution >= 4 is 11.9 Å². The predicted molar refractivity (Wildman–Crippen MR) is 82.4 cm³/mol. The van der Waals surface area contributed by atoms with Crippen LogP contribution in [0.15, 0.2) is 4.99 Å². The van der Waals surface area contributed by atoms with Gasteiger partial charge in [0.05, 0.1) is 32.8 Å². The number of carbonyl (C=O) groups is 1. The average molecular weight is 300 g/mol. The van der Waals surface area contributed by atoms with E-state index in [4.69, 9.17) is 9.47 Å². The lowest BCUT2D eigenvalue weighted by molar-refractivity contribution is -0.144. The Labute approximate surface area is 127 Å². The van der Waals surface area contributed by atoms with Gasteiger partial charge in [0, 0.05) is 32.7 Å². The molecular formula is C14H28N4O3. The maximum Gasteiger partial charge on any atom is 0.310 e. The van der Waals surface area contributed by atoms with Crippen LogP contribution in [0.2, 0.25) is 0 Å². The molecule has 0 aromatic heterocycles. The summed E-state index contributed by atoms with van der Waals surface area (Å²) in [6.07, 6.45) is 0. The molecule has 1 rings (SSSR count). The van der Waals surface area contributed by atoms with Crippen molar-refractivity contribution in [3.05, 3.63) is 0 Å². The molecule has 1 saturated heterocycles. The van der Waals surface area contributed by atoms with Gasteiger partial charge in [0.25, 0.3) is 0 Å². The van der Waals surface area contributed by atoms with Crippen molar-refractivity contribution in [1.82, 2.24) is 15.5 Å². The van der Waals surface area contributed by atoms with E-state index in [9.17, 15) is 4.79 Å². The van der Waals surface area contributed by atoms with Crippen LogP contribution < -0.4 is 10.6 Å². The summed E-state index contributed by atoms with van der Waals surface area (Å²) in [6.45, 7) is 10.4. The SMILES string of the molecule is CCNC(=NCC(C)C(=O)OC)NCCN1CCOCC1. The van der Waals surface area contributed by atoms with Gasteiger partial charge >= 0.3 is 5.97 Å². The topological polar surface area (TPSA) is 75.2 Å². The number of nitrogens with zero attached hydrogens (tertiary/aromatic N) is 2. The molecule has 0 bridgehead atoms. The fraction of sp³-hybridized carbons (Fsp3) is 0.857. The lowest BCUT2D eigenvalue weighted by Gasteiger charge is -2.26. The number of morpholine rings is 1. The van der Waals surface area contributed by atoms with Gasteiger partial charge in [-0.05, 0) is 6.92 Å². The first-order valence-corrected chi connectivity index (χ1v) is 7.57.